The van der Waals surface area contributed by atoms with Crippen LogP contribution in [0.4, 0.5) is 0 Å². The van der Waals surface area contributed by atoms with Gasteiger partial charge in [0.15, 0.2) is 0 Å². The Kier molecular flexibility index (Phi) is 5.45. The average Bonchev–Trinajstić information content (AvgIpc) is 2.35. The molecule has 0 aliphatic heterocycles. The van der Waals surface area contributed by atoms with E-state index in [4.69, 9.17) is 5.11 Å². The van der Waals surface area contributed by atoms with Crippen LogP contribution in [0, 0.1) is 17.8 Å². The SMILES string of the molecule is CCC1CCC(C(=O)NCC(C)C(=O)O)CC1. The van der Waals surface area contributed by atoms with E-state index in [0.717, 1.165) is 31.6 Å². The number of carboxylic acids is 1. The standard InChI is InChI=1S/C13H23NO3/c1-3-10-4-6-11(7-5-10)12(15)14-8-9(2)13(16)17/h9-11H,3-8H2,1-2H3,(H,14,15)(H,16,17). The van der Waals surface area contributed by atoms with Crippen LogP contribution in [0.5, 0.6) is 0 Å². The number of carboxylic acid groups (broad SMARTS) is 1. The van der Waals surface area contributed by atoms with Crippen molar-refractivity contribution in [1.29, 1.82) is 0 Å². The van der Waals surface area contributed by atoms with E-state index < -0.39 is 11.9 Å². The fourth-order valence-electron chi connectivity index (χ4n) is 2.32. The van der Waals surface area contributed by atoms with Crippen LogP contribution in [-0.2, 0) is 9.59 Å². The number of hydrogen-bond donors (Lipinski definition) is 2. The number of nitrogens with one attached hydrogen (secondary N) is 1. The lowest BCUT2D eigenvalue weighted by atomic mass is 9.80. The molecule has 0 radical (unpaired) electrons. The minimum Gasteiger partial charge on any atom is -0.481 e. The summed E-state index contributed by atoms with van der Waals surface area (Å²) in [5, 5.41) is 11.5. The van der Waals surface area contributed by atoms with E-state index in [1.807, 2.05) is 0 Å². The number of aliphatic carboxylic acids is 1. The number of rotatable bonds is 5. The predicted octanol–water partition coefficient (Wildman–Crippen LogP) is 2.04. The first-order chi connectivity index (χ1) is 8.04. The Labute approximate surface area is 103 Å². The fraction of sp³-hybridized carbons (Fsp3) is 0.846. The van der Waals surface area contributed by atoms with Gasteiger partial charge in [0, 0.05) is 12.5 Å². The smallest absolute Gasteiger partial charge is 0.308 e. The zero-order valence-corrected chi connectivity index (χ0v) is 10.7. The van der Waals surface area contributed by atoms with E-state index in [9.17, 15) is 9.59 Å². The molecular formula is C13H23NO3. The van der Waals surface area contributed by atoms with Gasteiger partial charge in [-0.3, -0.25) is 9.59 Å². The highest BCUT2D eigenvalue weighted by Gasteiger charge is 2.25. The van der Waals surface area contributed by atoms with Crippen molar-refractivity contribution < 1.29 is 14.7 Å². The predicted molar refractivity (Wildman–Crippen MR) is 65.5 cm³/mol. The number of carbonyl (C=O) groups excluding carboxylic acids is 1. The minimum absolute atomic E-state index is 0.0349. The van der Waals surface area contributed by atoms with Crippen LogP contribution < -0.4 is 5.32 Å². The van der Waals surface area contributed by atoms with Gasteiger partial charge in [-0.05, 0) is 31.6 Å². The fourth-order valence-corrected chi connectivity index (χ4v) is 2.32. The minimum atomic E-state index is -0.861. The Bertz CT molecular complexity index is 270. The molecule has 1 rings (SSSR count). The van der Waals surface area contributed by atoms with Crippen LogP contribution in [-0.4, -0.2) is 23.5 Å². The van der Waals surface area contributed by atoms with Crippen molar-refractivity contribution in [3.05, 3.63) is 0 Å². The van der Waals surface area contributed by atoms with Crippen LogP contribution in [0.25, 0.3) is 0 Å². The van der Waals surface area contributed by atoms with Gasteiger partial charge in [0.05, 0.1) is 5.92 Å². The summed E-state index contributed by atoms with van der Waals surface area (Å²) in [5.41, 5.74) is 0. The van der Waals surface area contributed by atoms with Gasteiger partial charge in [-0.1, -0.05) is 20.3 Å². The third-order valence-corrected chi connectivity index (χ3v) is 3.80. The van der Waals surface area contributed by atoms with E-state index in [0.29, 0.717) is 0 Å². The first kappa shape index (κ1) is 14.0. The van der Waals surface area contributed by atoms with E-state index >= 15 is 0 Å². The molecule has 0 bridgehead atoms. The highest BCUT2D eigenvalue weighted by atomic mass is 16.4. The summed E-state index contributed by atoms with van der Waals surface area (Å²) in [6, 6.07) is 0. The maximum absolute atomic E-state index is 11.8. The normalized spacial score (nSPS) is 26.2. The second-order valence-corrected chi connectivity index (χ2v) is 5.11. The summed E-state index contributed by atoms with van der Waals surface area (Å²) in [5.74, 6) is -0.464. The van der Waals surface area contributed by atoms with Crippen molar-refractivity contribution in [2.45, 2.75) is 46.0 Å². The first-order valence-corrected chi connectivity index (χ1v) is 6.55. The molecule has 4 heteroatoms. The van der Waals surface area contributed by atoms with Crippen molar-refractivity contribution >= 4 is 11.9 Å². The lowest BCUT2D eigenvalue weighted by Gasteiger charge is -2.27. The molecule has 98 valence electrons. The summed E-state index contributed by atoms with van der Waals surface area (Å²) in [4.78, 5) is 22.4. The van der Waals surface area contributed by atoms with E-state index in [2.05, 4.69) is 12.2 Å². The van der Waals surface area contributed by atoms with Gasteiger partial charge < -0.3 is 10.4 Å². The summed E-state index contributed by atoms with van der Waals surface area (Å²) < 4.78 is 0. The molecule has 17 heavy (non-hydrogen) atoms. The first-order valence-electron chi connectivity index (χ1n) is 6.55. The maximum Gasteiger partial charge on any atom is 0.308 e. The molecule has 0 aromatic carbocycles. The zero-order chi connectivity index (χ0) is 12.8. The monoisotopic (exact) mass is 241 g/mol. The van der Waals surface area contributed by atoms with Crippen molar-refractivity contribution in [3.8, 4) is 0 Å². The Morgan fingerprint density at radius 2 is 1.88 bits per heavy atom. The summed E-state index contributed by atoms with van der Waals surface area (Å²) >= 11 is 0. The average molecular weight is 241 g/mol. The maximum atomic E-state index is 11.8. The second kappa shape index (κ2) is 6.62. The van der Waals surface area contributed by atoms with Crippen molar-refractivity contribution in [2.24, 2.45) is 17.8 Å². The topological polar surface area (TPSA) is 66.4 Å². The Morgan fingerprint density at radius 3 is 2.35 bits per heavy atom. The molecule has 1 saturated carbocycles. The Balaban J connectivity index is 2.27. The Hall–Kier alpha value is -1.06. The Morgan fingerprint density at radius 1 is 1.29 bits per heavy atom. The second-order valence-electron chi connectivity index (χ2n) is 5.11. The quantitative estimate of drug-likeness (QED) is 0.774. The molecule has 4 nitrogen and oxygen atoms in total. The number of hydrogen-bond acceptors (Lipinski definition) is 2. The van der Waals surface area contributed by atoms with Crippen LogP contribution in [0.15, 0.2) is 0 Å². The van der Waals surface area contributed by atoms with Crippen LogP contribution in [0.1, 0.15) is 46.0 Å². The van der Waals surface area contributed by atoms with Gasteiger partial charge in [0.25, 0.3) is 0 Å². The van der Waals surface area contributed by atoms with Gasteiger partial charge >= 0.3 is 5.97 Å². The van der Waals surface area contributed by atoms with Gasteiger partial charge in [0.2, 0.25) is 5.91 Å². The van der Waals surface area contributed by atoms with Crippen molar-refractivity contribution in [1.82, 2.24) is 5.32 Å². The number of amides is 1. The van der Waals surface area contributed by atoms with E-state index in [1.54, 1.807) is 6.92 Å². The molecule has 1 fully saturated rings. The molecule has 1 aliphatic carbocycles. The molecule has 0 spiro atoms. The molecule has 1 atom stereocenters. The van der Waals surface area contributed by atoms with Gasteiger partial charge in [-0.15, -0.1) is 0 Å². The molecule has 1 amide bonds. The molecule has 0 aromatic rings. The van der Waals surface area contributed by atoms with E-state index in [1.165, 1.54) is 6.42 Å². The van der Waals surface area contributed by atoms with Crippen LogP contribution >= 0.6 is 0 Å². The van der Waals surface area contributed by atoms with Gasteiger partial charge in [-0.2, -0.15) is 0 Å². The van der Waals surface area contributed by atoms with Crippen molar-refractivity contribution in [2.75, 3.05) is 6.54 Å². The summed E-state index contributed by atoms with van der Waals surface area (Å²) in [6.07, 6.45) is 5.36. The molecule has 0 saturated heterocycles. The molecule has 2 N–H and O–H groups in total. The lowest BCUT2D eigenvalue weighted by Crippen LogP contribution is -2.37. The van der Waals surface area contributed by atoms with Crippen LogP contribution in [0.2, 0.25) is 0 Å². The lowest BCUT2D eigenvalue weighted by molar-refractivity contribution is -0.141. The van der Waals surface area contributed by atoms with Crippen molar-refractivity contribution in [3.63, 3.8) is 0 Å². The number of carbonyl (C=O) groups is 2. The molecule has 1 unspecified atom stereocenters. The zero-order valence-electron chi connectivity index (χ0n) is 10.7. The molecule has 0 heterocycles. The van der Waals surface area contributed by atoms with Crippen LogP contribution in [0.3, 0.4) is 0 Å². The molecule has 0 aromatic heterocycles. The third kappa shape index (κ3) is 4.36. The largest absolute Gasteiger partial charge is 0.481 e. The third-order valence-electron chi connectivity index (χ3n) is 3.80. The molecule has 1 aliphatic rings. The molecular weight excluding hydrogens is 218 g/mol. The van der Waals surface area contributed by atoms with Gasteiger partial charge in [-0.25, -0.2) is 0 Å². The summed E-state index contributed by atoms with van der Waals surface area (Å²) in [7, 11) is 0. The van der Waals surface area contributed by atoms with Gasteiger partial charge in [0.1, 0.15) is 0 Å². The highest BCUT2D eigenvalue weighted by molar-refractivity contribution is 5.79. The summed E-state index contributed by atoms with van der Waals surface area (Å²) in [6.45, 7) is 4.04. The van der Waals surface area contributed by atoms with E-state index in [-0.39, 0.29) is 18.4 Å². The highest BCUT2D eigenvalue weighted by Crippen LogP contribution is 2.30.